The molecule has 0 aliphatic carbocycles. The van der Waals surface area contributed by atoms with Crippen LogP contribution in [0.4, 0.5) is 5.69 Å². The highest BCUT2D eigenvalue weighted by atomic mass is 32.2. The molecule has 0 bridgehead atoms. The highest BCUT2D eigenvalue weighted by molar-refractivity contribution is 8.14. The number of hydrogen-bond acceptors (Lipinski definition) is 5. The van der Waals surface area contributed by atoms with Crippen LogP contribution in [0, 0.1) is 0 Å². The van der Waals surface area contributed by atoms with Gasteiger partial charge in [-0.2, -0.15) is 5.10 Å². The Hall–Kier alpha value is -1.82. The van der Waals surface area contributed by atoms with Crippen LogP contribution in [0.25, 0.3) is 0 Å². The number of rotatable bonds is 2. The van der Waals surface area contributed by atoms with E-state index in [9.17, 15) is 4.79 Å². The third-order valence-electron chi connectivity index (χ3n) is 2.88. The van der Waals surface area contributed by atoms with Crippen molar-refractivity contribution in [2.24, 2.45) is 15.8 Å². The first-order valence-corrected chi connectivity index (χ1v) is 6.64. The molecule has 0 fully saturated rings. The standard InChI is InChI=1S/C12H12N4OS/c13-11(17)7-18-12-15-9-4-2-1-3-8(9)10-5-6-14-16(10)12/h1-4,6,10H,5,7H2,(H2,13,17). The van der Waals surface area contributed by atoms with Crippen molar-refractivity contribution in [3.63, 3.8) is 0 Å². The molecule has 1 unspecified atom stereocenters. The van der Waals surface area contributed by atoms with Gasteiger partial charge in [-0.3, -0.25) is 4.79 Å². The van der Waals surface area contributed by atoms with Crippen molar-refractivity contribution in [2.75, 3.05) is 5.75 Å². The lowest BCUT2D eigenvalue weighted by Gasteiger charge is -2.29. The predicted octanol–water partition coefficient (Wildman–Crippen LogP) is 1.64. The maximum atomic E-state index is 10.9. The molecule has 0 radical (unpaired) electrons. The minimum Gasteiger partial charge on any atom is -0.369 e. The minimum absolute atomic E-state index is 0.203. The van der Waals surface area contributed by atoms with Crippen LogP contribution in [-0.4, -0.2) is 28.1 Å². The maximum absolute atomic E-state index is 10.9. The first-order valence-electron chi connectivity index (χ1n) is 5.66. The number of aliphatic imine (C=N–C) groups is 1. The van der Waals surface area contributed by atoms with Gasteiger partial charge in [0.15, 0.2) is 5.17 Å². The van der Waals surface area contributed by atoms with Gasteiger partial charge in [-0.1, -0.05) is 30.0 Å². The number of carbonyl (C=O) groups excluding carboxylic acids is 1. The molecule has 2 aliphatic heterocycles. The molecular formula is C12H12N4OS. The molecule has 1 amide bonds. The molecule has 5 nitrogen and oxygen atoms in total. The smallest absolute Gasteiger partial charge is 0.227 e. The largest absolute Gasteiger partial charge is 0.369 e. The molecule has 0 aromatic heterocycles. The van der Waals surface area contributed by atoms with E-state index in [4.69, 9.17) is 5.73 Å². The summed E-state index contributed by atoms with van der Waals surface area (Å²) in [5.74, 6) is -0.124. The predicted molar refractivity (Wildman–Crippen MR) is 72.9 cm³/mol. The number of nitrogens with zero attached hydrogens (tertiary/aromatic N) is 3. The molecule has 2 aliphatic rings. The molecule has 1 aromatic rings. The van der Waals surface area contributed by atoms with E-state index < -0.39 is 0 Å². The summed E-state index contributed by atoms with van der Waals surface area (Å²) in [6.07, 6.45) is 2.75. The van der Waals surface area contributed by atoms with E-state index >= 15 is 0 Å². The summed E-state index contributed by atoms with van der Waals surface area (Å²) in [5, 5.41) is 6.93. The summed E-state index contributed by atoms with van der Waals surface area (Å²) in [6.45, 7) is 0. The summed E-state index contributed by atoms with van der Waals surface area (Å²) < 4.78 is 0. The molecule has 6 heteroatoms. The van der Waals surface area contributed by atoms with Crippen LogP contribution in [0.2, 0.25) is 0 Å². The van der Waals surface area contributed by atoms with Crippen molar-refractivity contribution in [3.05, 3.63) is 29.8 Å². The zero-order chi connectivity index (χ0) is 12.5. The Morgan fingerprint density at radius 2 is 2.33 bits per heavy atom. The fraction of sp³-hybridized carbons (Fsp3) is 0.250. The molecule has 1 aromatic carbocycles. The number of amidine groups is 1. The lowest BCUT2D eigenvalue weighted by molar-refractivity contribution is -0.115. The van der Waals surface area contributed by atoms with E-state index in [0.29, 0.717) is 0 Å². The first kappa shape index (κ1) is 11.3. The van der Waals surface area contributed by atoms with Crippen molar-refractivity contribution >= 4 is 34.7 Å². The second-order valence-electron chi connectivity index (χ2n) is 4.10. The number of hydrogen-bond donors (Lipinski definition) is 1. The average molecular weight is 260 g/mol. The Morgan fingerprint density at radius 1 is 1.50 bits per heavy atom. The van der Waals surface area contributed by atoms with Crippen molar-refractivity contribution in [3.8, 4) is 0 Å². The van der Waals surface area contributed by atoms with Gasteiger partial charge in [0.25, 0.3) is 0 Å². The zero-order valence-corrected chi connectivity index (χ0v) is 10.4. The van der Waals surface area contributed by atoms with E-state index in [1.54, 1.807) is 0 Å². The monoisotopic (exact) mass is 260 g/mol. The zero-order valence-electron chi connectivity index (χ0n) is 9.61. The van der Waals surface area contributed by atoms with Crippen molar-refractivity contribution in [1.29, 1.82) is 0 Å². The lowest BCUT2D eigenvalue weighted by atomic mass is 10.0. The Balaban J connectivity index is 1.95. The molecule has 2 heterocycles. The van der Waals surface area contributed by atoms with Crippen molar-refractivity contribution in [1.82, 2.24) is 5.01 Å². The molecule has 1 atom stereocenters. The molecule has 0 saturated carbocycles. The van der Waals surface area contributed by atoms with Gasteiger partial charge >= 0.3 is 0 Å². The number of carbonyl (C=O) groups is 1. The second kappa shape index (κ2) is 4.45. The summed E-state index contributed by atoms with van der Waals surface area (Å²) in [5.41, 5.74) is 7.30. The van der Waals surface area contributed by atoms with Crippen LogP contribution in [0.1, 0.15) is 18.0 Å². The third kappa shape index (κ3) is 1.88. The van der Waals surface area contributed by atoms with Gasteiger partial charge in [0.2, 0.25) is 5.91 Å². The average Bonchev–Trinajstić information content (AvgIpc) is 2.85. The summed E-state index contributed by atoms with van der Waals surface area (Å²) in [7, 11) is 0. The van der Waals surface area contributed by atoms with E-state index in [1.807, 2.05) is 29.4 Å². The van der Waals surface area contributed by atoms with Crippen molar-refractivity contribution in [2.45, 2.75) is 12.5 Å². The van der Waals surface area contributed by atoms with Gasteiger partial charge in [0, 0.05) is 18.2 Å². The van der Waals surface area contributed by atoms with Crippen LogP contribution >= 0.6 is 11.8 Å². The molecule has 3 rings (SSSR count). The topological polar surface area (TPSA) is 71.0 Å². The van der Waals surface area contributed by atoms with Crippen LogP contribution < -0.4 is 5.73 Å². The fourth-order valence-corrected chi connectivity index (χ4v) is 2.86. The van der Waals surface area contributed by atoms with E-state index in [-0.39, 0.29) is 17.7 Å². The minimum atomic E-state index is -0.346. The highest BCUT2D eigenvalue weighted by Crippen LogP contribution is 2.40. The summed E-state index contributed by atoms with van der Waals surface area (Å²) in [6, 6.07) is 8.22. The van der Waals surface area contributed by atoms with Gasteiger partial charge in [-0.15, -0.1) is 0 Å². The summed E-state index contributed by atoms with van der Waals surface area (Å²) in [4.78, 5) is 15.4. The van der Waals surface area contributed by atoms with Crippen LogP contribution in [0.5, 0.6) is 0 Å². The van der Waals surface area contributed by atoms with Crippen LogP contribution in [0.3, 0.4) is 0 Å². The van der Waals surface area contributed by atoms with E-state index in [0.717, 1.165) is 17.3 Å². The molecular weight excluding hydrogens is 248 g/mol. The van der Waals surface area contributed by atoms with Gasteiger partial charge < -0.3 is 5.73 Å². The Bertz CT molecular complexity index is 555. The van der Waals surface area contributed by atoms with Gasteiger partial charge in [0.05, 0.1) is 17.5 Å². The number of thioether (sulfide) groups is 1. The van der Waals surface area contributed by atoms with Gasteiger partial charge in [0.1, 0.15) is 0 Å². The molecule has 0 saturated heterocycles. The molecule has 2 N–H and O–H groups in total. The normalized spacial score (nSPS) is 20.3. The Kier molecular flexibility index (Phi) is 2.79. The lowest BCUT2D eigenvalue weighted by Crippen LogP contribution is -2.29. The van der Waals surface area contributed by atoms with E-state index in [1.165, 1.54) is 17.3 Å². The SMILES string of the molecule is NC(=O)CSC1=Nc2ccccc2C2CC=NN12. The van der Waals surface area contributed by atoms with Gasteiger partial charge in [-0.05, 0) is 6.07 Å². The number of fused-ring (bicyclic) bond motifs is 3. The van der Waals surface area contributed by atoms with Crippen molar-refractivity contribution < 1.29 is 4.79 Å². The molecule has 92 valence electrons. The maximum Gasteiger partial charge on any atom is 0.227 e. The van der Waals surface area contributed by atoms with Crippen LogP contribution in [-0.2, 0) is 4.79 Å². The number of primary amides is 1. The highest BCUT2D eigenvalue weighted by Gasteiger charge is 2.32. The number of para-hydroxylation sites is 1. The fourth-order valence-electron chi connectivity index (χ4n) is 2.12. The summed E-state index contributed by atoms with van der Waals surface area (Å²) >= 11 is 1.33. The van der Waals surface area contributed by atoms with Gasteiger partial charge in [-0.25, -0.2) is 10.0 Å². The van der Waals surface area contributed by atoms with Crippen LogP contribution in [0.15, 0.2) is 34.4 Å². The number of nitrogens with two attached hydrogens (primary N) is 1. The quantitative estimate of drug-likeness (QED) is 0.878. The number of amides is 1. The third-order valence-corrected chi connectivity index (χ3v) is 3.85. The molecule has 18 heavy (non-hydrogen) atoms. The van der Waals surface area contributed by atoms with E-state index in [2.05, 4.69) is 16.2 Å². The Labute approximate surface area is 109 Å². The first-order chi connectivity index (χ1) is 8.75. The Morgan fingerprint density at radius 3 is 3.17 bits per heavy atom. The number of benzene rings is 1. The number of hydrazone groups is 1. The molecule has 0 spiro atoms. The second-order valence-corrected chi connectivity index (χ2v) is 5.04.